The number of hydrogen-bond donors (Lipinski definition) is 0. The normalized spacial score (nSPS) is 20.6. The highest BCUT2D eigenvalue weighted by atomic mass is 35.5. The second kappa shape index (κ2) is 8.57. The Balaban J connectivity index is 1.24. The molecule has 2 aliphatic heterocycles. The number of piperazine rings is 1. The molecule has 1 saturated heterocycles. The molecule has 160 valence electrons. The highest BCUT2D eigenvalue weighted by molar-refractivity contribution is 7.11. The molecule has 0 unspecified atom stereocenters. The summed E-state index contributed by atoms with van der Waals surface area (Å²) in [6, 6.07) is 0.796. The van der Waals surface area contributed by atoms with Crippen LogP contribution in [0, 0.1) is 0 Å². The van der Waals surface area contributed by atoms with Gasteiger partial charge in [-0.05, 0) is 36.4 Å². The third-order valence-corrected chi connectivity index (χ3v) is 8.10. The summed E-state index contributed by atoms with van der Waals surface area (Å²) in [7, 11) is 0. The van der Waals surface area contributed by atoms with Crippen LogP contribution in [0.3, 0.4) is 0 Å². The van der Waals surface area contributed by atoms with Crippen molar-refractivity contribution >= 4 is 46.6 Å². The zero-order chi connectivity index (χ0) is 20.7. The summed E-state index contributed by atoms with van der Waals surface area (Å²) in [4.78, 5) is 29.1. The number of aromatic nitrogens is 3. The molecule has 4 heterocycles. The number of amides is 1. The minimum absolute atomic E-state index is 0.170. The summed E-state index contributed by atoms with van der Waals surface area (Å²) in [5.41, 5.74) is 2.40. The molecule has 0 atom stereocenters. The summed E-state index contributed by atoms with van der Waals surface area (Å²) >= 11 is 13.2. The molecule has 2 fully saturated rings. The van der Waals surface area contributed by atoms with Gasteiger partial charge in [0.25, 0.3) is 5.91 Å². The first-order valence-corrected chi connectivity index (χ1v) is 12.1. The SMILES string of the molecule is O=C(c1nsc(Cl)c1Cl)N1CCc2cnc(N3CCN(C4CCC4)CC3)nc2CC1. The van der Waals surface area contributed by atoms with Crippen LogP contribution in [0.15, 0.2) is 6.20 Å². The lowest BCUT2D eigenvalue weighted by Crippen LogP contribution is -2.52. The maximum Gasteiger partial charge on any atom is 0.275 e. The molecular weight excluding hydrogens is 443 g/mol. The van der Waals surface area contributed by atoms with Crippen LogP contribution in [0.5, 0.6) is 0 Å². The molecule has 0 bridgehead atoms. The first-order valence-electron chi connectivity index (χ1n) is 10.5. The van der Waals surface area contributed by atoms with E-state index in [1.165, 1.54) is 19.3 Å². The van der Waals surface area contributed by atoms with Gasteiger partial charge in [0.15, 0.2) is 5.69 Å². The smallest absolute Gasteiger partial charge is 0.275 e. The van der Waals surface area contributed by atoms with Gasteiger partial charge in [-0.3, -0.25) is 9.69 Å². The molecule has 3 aliphatic rings. The Hall–Kier alpha value is -1.48. The molecule has 2 aromatic heterocycles. The lowest BCUT2D eigenvalue weighted by molar-refractivity contribution is 0.0758. The van der Waals surface area contributed by atoms with Crippen LogP contribution in [0.1, 0.15) is 41.0 Å². The van der Waals surface area contributed by atoms with Gasteiger partial charge in [0.1, 0.15) is 9.36 Å². The van der Waals surface area contributed by atoms with Crippen molar-refractivity contribution in [2.75, 3.05) is 44.2 Å². The molecule has 7 nitrogen and oxygen atoms in total. The highest BCUT2D eigenvalue weighted by Gasteiger charge is 2.29. The van der Waals surface area contributed by atoms with Crippen LogP contribution in [0.4, 0.5) is 5.95 Å². The Morgan fingerprint density at radius 3 is 2.50 bits per heavy atom. The number of fused-ring (bicyclic) bond motifs is 1. The van der Waals surface area contributed by atoms with E-state index in [0.29, 0.717) is 23.8 Å². The van der Waals surface area contributed by atoms with Crippen molar-refractivity contribution in [1.29, 1.82) is 0 Å². The molecule has 0 spiro atoms. The van der Waals surface area contributed by atoms with E-state index < -0.39 is 0 Å². The van der Waals surface area contributed by atoms with Gasteiger partial charge in [-0.15, -0.1) is 0 Å². The van der Waals surface area contributed by atoms with Crippen LogP contribution in [-0.4, -0.2) is 75.4 Å². The van der Waals surface area contributed by atoms with Crippen molar-refractivity contribution in [3.63, 3.8) is 0 Å². The monoisotopic (exact) mass is 466 g/mol. The van der Waals surface area contributed by atoms with Gasteiger partial charge in [0, 0.05) is 57.9 Å². The fourth-order valence-corrected chi connectivity index (χ4v) is 5.39. The standard InChI is InChI=1S/C20H24Cl2N6OS/c21-16-17(25-30-18(16)22)19(29)27-6-4-13-12-23-20(24-15(13)5-7-27)28-10-8-26(9-11-28)14-2-1-3-14/h12,14H,1-11H2. The lowest BCUT2D eigenvalue weighted by Gasteiger charge is -2.43. The molecule has 1 aliphatic carbocycles. The number of rotatable bonds is 3. The van der Waals surface area contributed by atoms with Crippen molar-refractivity contribution in [1.82, 2.24) is 24.1 Å². The quantitative estimate of drug-likeness (QED) is 0.691. The summed E-state index contributed by atoms with van der Waals surface area (Å²) < 4.78 is 4.47. The topological polar surface area (TPSA) is 65.5 Å². The van der Waals surface area contributed by atoms with Crippen molar-refractivity contribution < 1.29 is 4.79 Å². The first-order chi connectivity index (χ1) is 14.6. The van der Waals surface area contributed by atoms with Crippen LogP contribution < -0.4 is 4.90 Å². The van der Waals surface area contributed by atoms with Gasteiger partial charge in [-0.1, -0.05) is 29.6 Å². The predicted octanol–water partition coefficient (Wildman–Crippen LogP) is 3.16. The summed E-state index contributed by atoms with van der Waals surface area (Å²) in [5.74, 6) is 0.646. The molecule has 0 aromatic carbocycles. The van der Waals surface area contributed by atoms with Gasteiger partial charge in [0.05, 0.1) is 5.69 Å². The van der Waals surface area contributed by atoms with E-state index >= 15 is 0 Å². The summed E-state index contributed by atoms with van der Waals surface area (Å²) in [6.07, 6.45) is 7.45. The minimum atomic E-state index is -0.170. The van der Waals surface area contributed by atoms with E-state index in [2.05, 4.69) is 19.2 Å². The van der Waals surface area contributed by atoms with Crippen LogP contribution in [-0.2, 0) is 12.8 Å². The number of halogens is 2. The number of anilines is 1. The van der Waals surface area contributed by atoms with Gasteiger partial charge in [-0.25, -0.2) is 9.97 Å². The van der Waals surface area contributed by atoms with Crippen molar-refractivity contribution in [3.8, 4) is 0 Å². The molecule has 10 heteroatoms. The maximum absolute atomic E-state index is 12.8. The van der Waals surface area contributed by atoms with E-state index in [9.17, 15) is 4.79 Å². The van der Waals surface area contributed by atoms with Crippen LogP contribution in [0.25, 0.3) is 0 Å². The van der Waals surface area contributed by atoms with Crippen molar-refractivity contribution in [3.05, 3.63) is 32.5 Å². The molecule has 30 heavy (non-hydrogen) atoms. The van der Waals surface area contributed by atoms with E-state index in [1.807, 2.05) is 6.20 Å². The molecule has 2 aromatic rings. The second-order valence-electron chi connectivity index (χ2n) is 8.16. The maximum atomic E-state index is 12.8. The van der Waals surface area contributed by atoms with Crippen molar-refractivity contribution in [2.24, 2.45) is 0 Å². The Morgan fingerprint density at radius 1 is 1.07 bits per heavy atom. The number of carbonyl (C=O) groups is 1. The number of nitrogens with zero attached hydrogens (tertiary/aromatic N) is 6. The third kappa shape index (κ3) is 3.90. The largest absolute Gasteiger partial charge is 0.338 e. The van der Waals surface area contributed by atoms with Gasteiger partial charge in [0.2, 0.25) is 5.95 Å². The fourth-order valence-electron chi connectivity index (χ4n) is 4.40. The minimum Gasteiger partial charge on any atom is -0.338 e. The third-order valence-electron chi connectivity index (χ3n) is 6.49. The molecule has 1 saturated carbocycles. The lowest BCUT2D eigenvalue weighted by atomic mass is 9.91. The summed E-state index contributed by atoms with van der Waals surface area (Å²) in [6.45, 7) is 5.31. The molecule has 0 N–H and O–H groups in total. The Morgan fingerprint density at radius 2 is 1.83 bits per heavy atom. The average molecular weight is 467 g/mol. The zero-order valence-electron chi connectivity index (χ0n) is 16.7. The Labute approximate surface area is 190 Å². The van der Waals surface area contributed by atoms with E-state index in [-0.39, 0.29) is 16.6 Å². The van der Waals surface area contributed by atoms with E-state index in [0.717, 1.165) is 67.4 Å². The number of carbonyl (C=O) groups excluding carboxylic acids is 1. The van der Waals surface area contributed by atoms with Gasteiger partial charge < -0.3 is 9.80 Å². The molecule has 1 amide bonds. The molecule has 0 radical (unpaired) electrons. The number of hydrogen-bond acceptors (Lipinski definition) is 7. The van der Waals surface area contributed by atoms with Crippen LogP contribution in [0.2, 0.25) is 9.36 Å². The van der Waals surface area contributed by atoms with Gasteiger partial charge in [-0.2, -0.15) is 4.37 Å². The highest BCUT2D eigenvalue weighted by Crippen LogP contribution is 2.31. The fraction of sp³-hybridized carbons (Fsp3) is 0.600. The van der Waals surface area contributed by atoms with Crippen molar-refractivity contribution in [2.45, 2.75) is 38.1 Å². The Bertz CT molecular complexity index is 941. The zero-order valence-corrected chi connectivity index (χ0v) is 19.0. The molecule has 5 rings (SSSR count). The van der Waals surface area contributed by atoms with E-state index in [1.54, 1.807) is 4.90 Å². The molecular formula is C20H24Cl2N6OS. The van der Waals surface area contributed by atoms with E-state index in [4.69, 9.17) is 28.2 Å². The van der Waals surface area contributed by atoms with Gasteiger partial charge >= 0.3 is 0 Å². The Kier molecular flexibility index (Phi) is 5.84. The average Bonchev–Trinajstić information content (AvgIpc) is 2.93. The second-order valence-corrected chi connectivity index (χ2v) is 9.91. The van der Waals surface area contributed by atoms with Crippen LogP contribution >= 0.6 is 34.7 Å². The summed E-state index contributed by atoms with van der Waals surface area (Å²) in [5, 5.41) is 0.247. The first kappa shape index (κ1) is 20.4. The predicted molar refractivity (Wildman–Crippen MR) is 119 cm³/mol.